The predicted molar refractivity (Wildman–Crippen MR) is 118 cm³/mol. The van der Waals surface area contributed by atoms with Gasteiger partial charge in [-0.25, -0.2) is 9.50 Å². The Hall–Kier alpha value is -3.94. The van der Waals surface area contributed by atoms with Crippen LogP contribution in [0.1, 0.15) is 40.4 Å². The zero-order chi connectivity index (χ0) is 22.1. The Morgan fingerprint density at radius 2 is 1.94 bits per heavy atom. The highest BCUT2D eigenvalue weighted by atomic mass is 16.5. The molecule has 8 heteroatoms. The van der Waals surface area contributed by atoms with E-state index in [1.54, 1.807) is 0 Å². The molecule has 1 amide bonds. The highest BCUT2D eigenvalue weighted by Gasteiger charge is 2.30. The molecule has 1 aliphatic rings. The number of nitrogens with zero attached hydrogens (tertiary/aromatic N) is 3. The highest BCUT2D eigenvalue weighted by molar-refractivity contribution is 6.08. The maximum Gasteiger partial charge on any atom is 0.325 e. The molecular weight excluding hydrogens is 408 g/mol. The van der Waals surface area contributed by atoms with Gasteiger partial charge in [0, 0.05) is 10.8 Å². The predicted octanol–water partition coefficient (Wildman–Crippen LogP) is 3.24. The van der Waals surface area contributed by atoms with E-state index in [0.29, 0.717) is 17.3 Å². The molecule has 1 N–H and O–H groups in total. The molecule has 1 saturated carbocycles. The Bertz CT molecular complexity index is 1310. The number of hydrogen-bond acceptors (Lipinski definition) is 6. The molecule has 2 aromatic heterocycles. The first kappa shape index (κ1) is 20.0. The standard InChI is InChI=1S/C24H22N4O4/c1-31-19(29)12-25-24(30)21-22(32-13-15-6-3-2-4-7-15)18-9-5-8-17(16-10-11-16)20(18)23-26-14-27-28(21)23/h2-9,14,16H,10-13H2,1H3,(H,25,30). The normalized spacial score (nSPS) is 13.3. The minimum Gasteiger partial charge on any atom is -0.486 e. The van der Waals surface area contributed by atoms with Crippen LogP contribution in [0.5, 0.6) is 5.75 Å². The number of hydrogen-bond donors (Lipinski definition) is 1. The molecular formula is C24H22N4O4. The number of carbonyl (C=O) groups is 2. The number of aromatic nitrogens is 3. The van der Waals surface area contributed by atoms with Gasteiger partial charge in [-0.1, -0.05) is 48.5 Å². The van der Waals surface area contributed by atoms with Crippen molar-refractivity contribution in [3.8, 4) is 5.75 Å². The summed E-state index contributed by atoms with van der Waals surface area (Å²) in [7, 11) is 1.27. The smallest absolute Gasteiger partial charge is 0.325 e. The van der Waals surface area contributed by atoms with Crippen molar-refractivity contribution >= 4 is 28.3 Å². The van der Waals surface area contributed by atoms with Gasteiger partial charge in [0.25, 0.3) is 5.91 Å². The van der Waals surface area contributed by atoms with Gasteiger partial charge in [0.15, 0.2) is 17.1 Å². The lowest BCUT2D eigenvalue weighted by atomic mass is 10.0. The number of esters is 1. The van der Waals surface area contributed by atoms with E-state index < -0.39 is 11.9 Å². The monoisotopic (exact) mass is 430 g/mol. The van der Waals surface area contributed by atoms with E-state index in [-0.39, 0.29) is 18.8 Å². The van der Waals surface area contributed by atoms with E-state index in [0.717, 1.165) is 29.2 Å². The van der Waals surface area contributed by atoms with Gasteiger partial charge in [0.2, 0.25) is 0 Å². The fourth-order valence-electron chi connectivity index (χ4n) is 3.93. The summed E-state index contributed by atoms with van der Waals surface area (Å²) in [5.41, 5.74) is 2.95. The number of ether oxygens (including phenoxy) is 2. The van der Waals surface area contributed by atoms with Crippen LogP contribution in [-0.2, 0) is 16.1 Å². The largest absolute Gasteiger partial charge is 0.486 e. The van der Waals surface area contributed by atoms with Gasteiger partial charge in [-0.15, -0.1) is 0 Å². The third kappa shape index (κ3) is 3.64. The third-order valence-corrected chi connectivity index (χ3v) is 5.62. The molecule has 2 aromatic carbocycles. The van der Waals surface area contributed by atoms with Gasteiger partial charge in [0.1, 0.15) is 19.5 Å². The van der Waals surface area contributed by atoms with E-state index in [1.807, 2.05) is 42.5 Å². The van der Waals surface area contributed by atoms with Crippen LogP contribution in [0.25, 0.3) is 16.4 Å². The number of carbonyl (C=O) groups excluding carboxylic acids is 2. The van der Waals surface area contributed by atoms with Crippen molar-refractivity contribution in [2.24, 2.45) is 0 Å². The summed E-state index contributed by atoms with van der Waals surface area (Å²) in [4.78, 5) is 29.2. The summed E-state index contributed by atoms with van der Waals surface area (Å²) < 4.78 is 12.4. The van der Waals surface area contributed by atoms with E-state index in [1.165, 1.54) is 23.5 Å². The summed E-state index contributed by atoms with van der Waals surface area (Å²) >= 11 is 0. The molecule has 0 unspecified atom stereocenters. The van der Waals surface area contributed by atoms with Gasteiger partial charge >= 0.3 is 5.97 Å². The van der Waals surface area contributed by atoms with Crippen molar-refractivity contribution < 1.29 is 19.1 Å². The number of amides is 1. The maximum atomic E-state index is 13.2. The summed E-state index contributed by atoms with van der Waals surface area (Å²) in [6, 6.07) is 15.8. The second-order valence-corrected chi connectivity index (χ2v) is 7.75. The number of methoxy groups -OCH3 is 1. The molecule has 0 bridgehead atoms. The number of rotatable bonds is 7. The Balaban J connectivity index is 1.67. The van der Waals surface area contributed by atoms with Gasteiger partial charge in [-0.3, -0.25) is 9.59 Å². The SMILES string of the molecule is COC(=O)CNC(=O)c1c(OCc2ccccc2)c2cccc(C3CC3)c2c2ncnn12. The third-order valence-electron chi connectivity index (χ3n) is 5.62. The molecule has 8 nitrogen and oxygen atoms in total. The van der Waals surface area contributed by atoms with E-state index in [4.69, 9.17) is 4.74 Å². The fourth-order valence-corrected chi connectivity index (χ4v) is 3.93. The number of pyridine rings is 1. The average Bonchev–Trinajstić information content (AvgIpc) is 3.57. The van der Waals surface area contributed by atoms with Crippen LogP contribution in [0.15, 0.2) is 54.9 Å². The van der Waals surface area contributed by atoms with Crippen molar-refractivity contribution in [2.75, 3.05) is 13.7 Å². The zero-order valence-corrected chi connectivity index (χ0v) is 17.6. The van der Waals surface area contributed by atoms with Crippen LogP contribution in [0, 0.1) is 0 Å². The summed E-state index contributed by atoms with van der Waals surface area (Å²) in [6.45, 7) is 0.0187. The molecule has 0 saturated heterocycles. The van der Waals surface area contributed by atoms with Crippen LogP contribution in [-0.4, -0.2) is 40.1 Å². The van der Waals surface area contributed by atoms with Crippen molar-refractivity contribution in [1.82, 2.24) is 19.9 Å². The highest BCUT2D eigenvalue weighted by Crippen LogP contribution is 2.46. The lowest BCUT2D eigenvalue weighted by molar-refractivity contribution is -0.139. The number of benzene rings is 2. The Morgan fingerprint density at radius 3 is 2.69 bits per heavy atom. The van der Waals surface area contributed by atoms with Crippen molar-refractivity contribution in [3.63, 3.8) is 0 Å². The van der Waals surface area contributed by atoms with Crippen LogP contribution >= 0.6 is 0 Å². The van der Waals surface area contributed by atoms with Crippen LogP contribution in [0.3, 0.4) is 0 Å². The lowest BCUT2D eigenvalue weighted by Crippen LogP contribution is -2.32. The first-order chi connectivity index (χ1) is 15.7. The van der Waals surface area contributed by atoms with Gasteiger partial charge in [-0.2, -0.15) is 5.10 Å². The summed E-state index contributed by atoms with van der Waals surface area (Å²) in [5, 5.41) is 8.67. The van der Waals surface area contributed by atoms with Gasteiger partial charge in [-0.05, 0) is 29.9 Å². The quantitative estimate of drug-likeness (QED) is 0.453. The molecule has 4 aromatic rings. The van der Waals surface area contributed by atoms with Crippen LogP contribution in [0.2, 0.25) is 0 Å². The topological polar surface area (TPSA) is 94.8 Å². The molecule has 0 aliphatic heterocycles. The first-order valence-electron chi connectivity index (χ1n) is 10.5. The molecule has 1 fully saturated rings. The second kappa shape index (κ2) is 8.30. The zero-order valence-electron chi connectivity index (χ0n) is 17.6. The van der Waals surface area contributed by atoms with Gasteiger partial charge < -0.3 is 14.8 Å². The van der Waals surface area contributed by atoms with Gasteiger partial charge in [0.05, 0.1) is 7.11 Å². The minimum atomic E-state index is -0.545. The molecule has 32 heavy (non-hydrogen) atoms. The summed E-state index contributed by atoms with van der Waals surface area (Å²) in [6.07, 6.45) is 3.68. The maximum absolute atomic E-state index is 13.2. The Kier molecular flexibility index (Phi) is 5.18. The molecule has 5 rings (SSSR count). The molecule has 1 aliphatic carbocycles. The number of fused-ring (bicyclic) bond motifs is 3. The minimum absolute atomic E-state index is 0.192. The van der Waals surface area contributed by atoms with Crippen molar-refractivity contribution in [2.45, 2.75) is 25.4 Å². The Morgan fingerprint density at radius 1 is 1.12 bits per heavy atom. The molecule has 2 heterocycles. The summed E-state index contributed by atoms with van der Waals surface area (Å²) in [5.74, 6) is -0.156. The second-order valence-electron chi connectivity index (χ2n) is 7.75. The van der Waals surface area contributed by atoms with E-state index in [9.17, 15) is 9.59 Å². The average molecular weight is 430 g/mol. The number of nitrogens with one attached hydrogen (secondary N) is 1. The van der Waals surface area contributed by atoms with E-state index >= 15 is 0 Å². The van der Waals surface area contributed by atoms with E-state index in [2.05, 4.69) is 26.2 Å². The van der Waals surface area contributed by atoms with Crippen molar-refractivity contribution in [1.29, 1.82) is 0 Å². The van der Waals surface area contributed by atoms with Crippen LogP contribution < -0.4 is 10.1 Å². The van der Waals surface area contributed by atoms with Crippen molar-refractivity contribution in [3.05, 3.63) is 71.7 Å². The lowest BCUT2D eigenvalue weighted by Gasteiger charge is -2.17. The molecule has 0 atom stereocenters. The Labute approximate surface area is 184 Å². The molecule has 162 valence electrons. The van der Waals surface area contributed by atoms with Crippen LogP contribution in [0.4, 0.5) is 0 Å². The first-order valence-corrected chi connectivity index (χ1v) is 10.5. The molecule has 0 spiro atoms. The fraction of sp³-hybridized carbons (Fsp3) is 0.250. The molecule has 0 radical (unpaired) electrons.